The molecule has 10 heavy (non-hydrogen) atoms. The first kappa shape index (κ1) is 8.08. The van der Waals surface area contributed by atoms with Gasteiger partial charge < -0.3 is 0 Å². The molecule has 0 aliphatic heterocycles. The smallest absolute Gasteiger partial charge is 0.0655 e. The minimum Gasteiger partial charge on any atom is -0.260 e. The minimum absolute atomic E-state index is 0.275. The first-order chi connectivity index (χ1) is 4.84. The molecule has 54 valence electrons. The number of hydrogen-bond acceptors (Lipinski definition) is 2. The molecule has 1 unspecified atom stereocenters. The van der Waals surface area contributed by atoms with Crippen molar-refractivity contribution in [2.45, 2.75) is 4.83 Å². The number of thiol groups is 1. The number of aromatic nitrogens is 1. The zero-order chi connectivity index (χ0) is 7.40. The Labute approximate surface area is 74.4 Å². The molecule has 1 aromatic heterocycles. The summed E-state index contributed by atoms with van der Waals surface area (Å²) in [5, 5.41) is 0. The highest BCUT2D eigenvalue weighted by atomic mass is 79.9. The molecule has 1 rings (SSSR count). The van der Waals surface area contributed by atoms with Gasteiger partial charge in [-0.3, -0.25) is 4.98 Å². The highest BCUT2D eigenvalue weighted by Gasteiger charge is 2.03. The summed E-state index contributed by atoms with van der Waals surface area (Å²) in [7, 11) is 0. The van der Waals surface area contributed by atoms with E-state index in [9.17, 15) is 0 Å². The second kappa shape index (κ2) is 3.98. The molecule has 0 fully saturated rings. The zero-order valence-corrected chi connectivity index (χ0v) is 7.85. The van der Waals surface area contributed by atoms with Crippen LogP contribution in [0.15, 0.2) is 24.4 Å². The van der Waals surface area contributed by atoms with Gasteiger partial charge in [-0.1, -0.05) is 22.0 Å². The summed E-state index contributed by atoms with van der Waals surface area (Å²) in [6.45, 7) is 0. The van der Waals surface area contributed by atoms with Crippen LogP contribution in [-0.4, -0.2) is 10.7 Å². The van der Waals surface area contributed by atoms with E-state index in [0.717, 1.165) is 11.4 Å². The zero-order valence-electron chi connectivity index (χ0n) is 5.37. The van der Waals surface area contributed by atoms with E-state index in [1.54, 1.807) is 6.20 Å². The standard InChI is InChI=1S/C7H8BrNS/c8-6(5-10)7-3-1-2-4-9-7/h1-4,6,10H,5H2. The molecule has 0 amide bonds. The molecule has 1 heterocycles. The van der Waals surface area contributed by atoms with Crippen molar-refractivity contribution in [1.29, 1.82) is 0 Å². The number of alkyl halides is 1. The Balaban J connectivity index is 2.75. The van der Waals surface area contributed by atoms with Crippen molar-refractivity contribution in [2.24, 2.45) is 0 Å². The van der Waals surface area contributed by atoms with Gasteiger partial charge in [0.05, 0.1) is 10.5 Å². The minimum atomic E-state index is 0.275. The van der Waals surface area contributed by atoms with E-state index in [2.05, 4.69) is 33.5 Å². The molecule has 0 saturated heterocycles. The lowest BCUT2D eigenvalue weighted by Gasteiger charge is -2.02. The van der Waals surface area contributed by atoms with Crippen molar-refractivity contribution in [1.82, 2.24) is 4.98 Å². The van der Waals surface area contributed by atoms with Crippen LogP contribution in [0.1, 0.15) is 10.5 Å². The van der Waals surface area contributed by atoms with Crippen LogP contribution in [0.2, 0.25) is 0 Å². The third-order valence-electron chi connectivity index (χ3n) is 1.17. The van der Waals surface area contributed by atoms with Gasteiger partial charge in [-0.15, -0.1) is 0 Å². The summed E-state index contributed by atoms with van der Waals surface area (Å²) in [6.07, 6.45) is 1.78. The number of rotatable bonds is 2. The van der Waals surface area contributed by atoms with E-state index in [1.165, 1.54) is 0 Å². The molecule has 1 atom stereocenters. The van der Waals surface area contributed by atoms with Crippen molar-refractivity contribution >= 4 is 28.6 Å². The van der Waals surface area contributed by atoms with Gasteiger partial charge >= 0.3 is 0 Å². The third kappa shape index (κ3) is 1.99. The van der Waals surface area contributed by atoms with Crippen molar-refractivity contribution in [2.75, 3.05) is 5.75 Å². The second-order valence-electron chi connectivity index (χ2n) is 1.90. The summed E-state index contributed by atoms with van der Waals surface area (Å²) in [5.74, 6) is 0.775. The van der Waals surface area contributed by atoms with Crippen molar-refractivity contribution in [3.63, 3.8) is 0 Å². The second-order valence-corrected chi connectivity index (χ2v) is 3.38. The fourth-order valence-corrected chi connectivity index (χ4v) is 1.11. The average Bonchev–Trinajstić information content (AvgIpc) is 2.05. The van der Waals surface area contributed by atoms with Gasteiger partial charge in [0.25, 0.3) is 0 Å². The van der Waals surface area contributed by atoms with Gasteiger partial charge in [0.1, 0.15) is 0 Å². The number of nitrogens with zero attached hydrogens (tertiary/aromatic N) is 1. The Kier molecular flexibility index (Phi) is 3.22. The Bertz CT molecular complexity index is 190. The van der Waals surface area contributed by atoms with E-state index in [1.807, 2.05) is 18.2 Å². The molecule has 0 radical (unpaired) electrons. The maximum Gasteiger partial charge on any atom is 0.0655 e. The summed E-state index contributed by atoms with van der Waals surface area (Å²) in [5.41, 5.74) is 1.04. The lowest BCUT2D eigenvalue weighted by molar-refractivity contribution is 1.04. The highest BCUT2D eigenvalue weighted by molar-refractivity contribution is 9.09. The monoisotopic (exact) mass is 217 g/mol. The van der Waals surface area contributed by atoms with E-state index in [4.69, 9.17) is 0 Å². The summed E-state index contributed by atoms with van der Waals surface area (Å²) in [4.78, 5) is 4.43. The largest absolute Gasteiger partial charge is 0.260 e. The lowest BCUT2D eigenvalue weighted by atomic mass is 10.3. The Hall–Kier alpha value is -0.0200. The molecule has 0 aliphatic rings. The van der Waals surface area contributed by atoms with Crippen LogP contribution < -0.4 is 0 Å². The first-order valence-corrected chi connectivity index (χ1v) is 4.55. The summed E-state index contributed by atoms with van der Waals surface area (Å²) < 4.78 is 0. The van der Waals surface area contributed by atoms with E-state index in [0.29, 0.717) is 0 Å². The maximum absolute atomic E-state index is 4.15. The van der Waals surface area contributed by atoms with Crippen molar-refractivity contribution in [3.8, 4) is 0 Å². The predicted octanol–water partition coefficient (Wildman–Crippen LogP) is 2.45. The number of hydrogen-bond donors (Lipinski definition) is 1. The molecule has 0 bridgehead atoms. The molecule has 0 aromatic carbocycles. The van der Waals surface area contributed by atoms with Gasteiger partial charge in [-0.05, 0) is 12.1 Å². The molecule has 0 N–H and O–H groups in total. The molecule has 0 saturated carbocycles. The highest BCUT2D eigenvalue weighted by Crippen LogP contribution is 2.20. The quantitative estimate of drug-likeness (QED) is 0.594. The molecular weight excluding hydrogens is 210 g/mol. The van der Waals surface area contributed by atoms with Crippen LogP contribution in [0.25, 0.3) is 0 Å². The maximum atomic E-state index is 4.15. The van der Waals surface area contributed by atoms with Crippen LogP contribution >= 0.6 is 28.6 Å². The molecule has 1 aromatic rings. The summed E-state index contributed by atoms with van der Waals surface area (Å²) >= 11 is 7.59. The lowest BCUT2D eigenvalue weighted by Crippen LogP contribution is -1.92. The van der Waals surface area contributed by atoms with Crippen LogP contribution in [0.4, 0.5) is 0 Å². The number of halogens is 1. The summed E-state index contributed by atoms with van der Waals surface area (Å²) in [6, 6.07) is 5.86. The van der Waals surface area contributed by atoms with Crippen LogP contribution in [0.5, 0.6) is 0 Å². The first-order valence-electron chi connectivity index (χ1n) is 3.00. The van der Waals surface area contributed by atoms with Crippen LogP contribution in [0, 0.1) is 0 Å². The van der Waals surface area contributed by atoms with Gasteiger partial charge in [0.15, 0.2) is 0 Å². The van der Waals surface area contributed by atoms with Gasteiger partial charge in [0.2, 0.25) is 0 Å². The van der Waals surface area contributed by atoms with Gasteiger partial charge in [-0.2, -0.15) is 12.6 Å². The fourth-order valence-electron chi connectivity index (χ4n) is 0.655. The van der Waals surface area contributed by atoms with Gasteiger partial charge in [0, 0.05) is 11.9 Å². The topological polar surface area (TPSA) is 12.9 Å². The SMILES string of the molecule is SCC(Br)c1ccccn1. The molecular formula is C7H8BrNS. The fraction of sp³-hybridized carbons (Fsp3) is 0.286. The Morgan fingerprint density at radius 3 is 2.90 bits per heavy atom. The Morgan fingerprint density at radius 1 is 1.60 bits per heavy atom. The molecule has 3 heteroatoms. The van der Waals surface area contributed by atoms with Crippen LogP contribution in [-0.2, 0) is 0 Å². The van der Waals surface area contributed by atoms with E-state index >= 15 is 0 Å². The third-order valence-corrected chi connectivity index (χ3v) is 2.83. The average molecular weight is 218 g/mol. The Morgan fingerprint density at radius 2 is 2.40 bits per heavy atom. The molecule has 1 nitrogen and oxygen atoms in total. The normalized spacial score (nSPS) is 13.0. The number of pyridine rings is 1. The van der Waals surface area contributed by atoms with Crippen molar-refractivity contribution < 1.29 is 0 Å². The van der Waals surface area contributed by atoms with Crippen LogP contribution in [0.3, 0.4) is 0 Å². The molecule has 0 aliphatic carbocycles. The van der Waals surface area contributed by atoms with Gasteiger partial charge in [-0.25, -0.2) is 0 Å². The van der Waals surface area contributed by atoms with E-state index < -0.39 is 0 Å². The van der Waals surface area contributed by atoms with E-state index in [-0.39, 0.29) is 4.83 Å². The predicted molar refractivity (Wildman–Crippen MR) is 49.8 cm³/mol. The molecule has 0 spiro atoms. The van der Waals surface area contributed by atoms with Crippen molar-refractivity contribution in [3.05, 3.63) is 30.1 Å².